The number of hydrogen-bond donors (Lipinski definition) is 0. The Morgan fingerprint density at radius 1 is 1.09 bits per heavy atom. The second-order valence-corrected chi connectivity index (χ2v) is 8.86. The zero-order valence-corrected chi connectivity index (χ0v) is 16.2. The Bertz CT molecular complexity index is 848. The number of sulfonamides is 1. The van der Waals surface area contributed by atoms with Crippen LogP contribution in [0.15, 0.2) is 64.1 Å². The number of hydrogen-bond acceptors (Lipinski definition) is 2. The van der Waals surface area contributed by atoms with Crippen molar-refractivity contribution in [2.24, 2.45) is 0 Å². The lowest BCUT2D eigenvalue weighted by Gasteiger charge is -2.28. The molecule has 0 saturated carbocycles. The fourth-order valence-electron chi connectivity index (χ4n) is 2.63. The van der Waals surface area contributed by atoms with Gasteiger partial charge in [-0.25, -0.2) is 8.42 Å². The van der Waals surface area contributed by atoms with Crippen LogP contribution in [0.4, 0.5) is 0 Å². The molecule has 0 fully saturated rings. The highest BCUT2D eigenvalue weighted by Crippen LogP contribution is 2.34. The SMILES string of the molecule is O=S(=O)(c1ccccc1)N1C=C(CCBr)c2cc(Br)ccc2C1. The molecule has 0 unspecified atom stereocenters. The van der Waals surface area contributed by atoms with Gasteiger partial charge in [0.2, 0.25) is 0 Å². The summed E-state index contributed by atoms with van der Waals surface area (Å²) in [5, 5.41) is 0.782. The Morgan fingerprint density at radius 2 is 1.83 bits per heavy atom. The molecule has 3 rings (SSSR count). The van der Waals surface area contributed by atoms with Gasteiger partial charge in [0.05, 0.1) is 11.4 Å². The number of fused-ring (bicyclic) bond motifs is 1. The maximum atomic E-state index is 12.9. The first kappa shape index (κ1) is 16.7. The van der Waals surface area contributed by atoms with Crippen molar-refractivity contribution in [1.82, 2.24) is 4.31 Å². The van der Waals surface area contributed by atoms with E-state index in [1.807, 2.05) is 18.2 Å². The normalized spacial score (nSPS) is 14.3. The molecule has 0 amide bonds. The lowest BCUT2D eigenvalue weighted by Crippen LogP contribution is -2.29. The van der Waals surface area contributed by atoms with Gasteiger partial charge in [0, 0.05) is 16.0 Å². The molecule has 0 radical (unpaired) electrons. The van der Waals surface area contributed by atoms with Crippen LogP contribution < -0.4 is 0 Å². The van der Waals surface area contributed by atoms with Crippen molar-refractivity contribution in [1.29, 1.82) is 0 Å². The third-order valence-electron chi connectivity index (χ3n) is 3.76. The second kappa shape index (κ2) is 6.79. The van der Waals surface area contributed by atoms with Crippen molar-refractivity contribution in [3.05, 3.63) is 70.3 Å². The van der Waals surface area contributed by atoms with E-state index in [1.54, 1.807) is 30.5 Å². The summed E-state index contributed by atoms with van der Waals surface area (Å²) in [6.45, 7) is 0.353. The van der Waals surface area contributed by atoms with Gasteiger partial charge in [-0.3, -0.25) is 4.31 Å². The van der Waals surface area contributed by atoms with E-state index in [0.717, 1.165) is 32.9 Å². The molecule has 2 aromatic rings. The zero-order valence-electron chi connectivity index (χ0n) is 12.2. The number of nitrogens with zero attached hydrogens (tertiary/aromatic N) is 1. The predicted molar refractivity (Wildman–Crippen MR) is 99.7 cm³/mol. The Morgan fingerprint density at radius 3 is 2.52 bits per heavy atom. The van der Waals surface area contributed by atoms with Crippen molar-refractivity contribution in [2.45, 2.75) is 17.9 Å². The highest BCUT2D eigenvalue weighted by molar-refractivity contribution is 9.10. The van der Waals surface area contributed by atoms with Crippen molar-refractivity contribution in [3.8, 4) is 0 Å². The summed E-state index contributed by atoms with van der Waals surface area (Å²) in [4.78, 5) is 0.315. The van der Waals surface area contributed by atoms with Gasteiger partial charge < -0.3 is 0 Å². The Kier molecular flexibility index (Phi) is 4.94. The van der Waals surface area contributed by atoms with Crippen LogP contribution >= 0.6 is 31.9 Å². The van der Waals surface area contributed by atoms with Crippen molar-refractivity contribution >= 4 is 47.5 Å². The van der Waals surface area contributed by atoms with Gasteiger partial charge in [0.25, 0.3) is 10.0 Å². The molecule has 0 spiro atoms. The molecule has 0 aromatic heterocycles. The zero-order chi connectivity index (χ0) is 16.4. The third kappa shape index (κ3) is 3.39. The minimum atomic E-state index is -3.54. The van der Waals surface area contributed by atoms with Gasteiger partial charge in [-0.05, 0) is 47.4 Å². The minimum absolute atomic E-state index is 0.315. The number of alkyl halides is 1. The molecule has 0 bridgehead atoms. The summed E-state index contributed by atoms with van der Waals surface area (Å²) in [5.74, 6) is 0. The van der Waals surface area contributed by atoms with E-state index in [1.165, 1.54) is 4.31 Å². The maximum Gasteiger partial charge on any atom is 0.264 e. The largest absolute Gasteiger partial charge is 0.269 e. The number of halogens is 2. The molecule has 1 aliphatic heterocycles. The van der Waals surface area contributed by atoms with E-state index in [4.69, 9.17) is 0 Å². The first-order valence-electron chi connectivity index (χ1n) is 7.15. The molecule has 0 atom stereocenters. The van der Waals surface area contributed by atoms with Crippen LogP contribution in [0.5, 0.6) is 0 Å². The molecule has 0 N–H and O–H groups in total. The summed E-state index contributed by atoms with van der Waals surface area (Å²) < 4.78 is 28.2. The third-order valence-corrected chi connectivity index (χ3v) is 6.37. The molecule has 0 saturated heterocycles. The lowest BCUT2D eigenvalue weighted by atomic mass is 9.96. The fraction of sp³-hybridized carbons (Fsp3) is 0.176. The monoisotopic (exact) mass is 455 g/mol. The molecular weight excluding hydrogens is 442 g/mol. The fourth-order valence-corrected chi connectivity index (χ4v) is 4.76. The van der Waals surface area contributed by atoms with Crippen LogP contribution in [0.1, 0.15) is 17.5 Å². The minimum Gasteiger partial charge on any atom is -0.269 e. The molecule has 3 nitrogen and oxygen atoms in total. The Labute approximate surface area is 153 Å². The van der Waals surface area contributed by atoms with Gasteiger partial charge in [0.15, 0.2) is 0 Å². The standard InChI is InChI=1S/C17H15Br2NO2S/c18-9-8-14-12-20(11-13-6-7-15(19)10-17(13)14)23(21,22)16-4-2-1-3-5-16/h1-7,10,12H,8-9,11H2. The van der Waals surface area contributed by atoms with Crippen LogP contribution in [0.3, 0.4) is 0 Å². The Hall–Kier alpha value is -1.11. The Balaban J connectivity index is 2.06. The van der Waals surface area contributed by atoms with E-state index in [0.29, 0.717) is 11.4 Å². The smallest absolute Gasteiger partial charge is 0.264 e. The van der Waals surface area contributed by atoms with E-state index in [-0.39, 0.29) is 0 Å². The molecule has 0 aliphatic carbocycles. The highest BCUT2D eigenvalue weighted by atomic mass is 79.9. The number of benzene rings is 2. The van der Waals surface area contributed by atoms with Crippen LogP contribution in [-0.4, -0.2) is 18.1 Å². The van der Waals surface area contributed by atoms with Gasteiger partial charge in [0.1, 0.15) is 0 Å². The molecule has 1 aliphatic rings. The quantitative estimate of drug-likeness (QED) is 0.620. The van der Waals surface area contributed by atoms with E-state index in [9.17, 15) is 8.42 Å². The molecule has 120 valence electrons. The van der Waals surface area contributed by atoms with Gasteiger partial charge >= 0.3 is 0 Å². The number of allylic oxidation sites excluding steroid dienone is 1. The average Bonchev–Trinajstić information content (AvgIpc) is 2.56. The summed E-state index contributed by atoms with van der Waals surface area (Å²) in [6, 6.07) is 14.5. The second-order valence-electron chi connectivity index (χ2n) is 5.26. The molecule has 6 heteroatoms. The van der Waals surface area contributed by atoms with Gasteiger partial charge in [-0.2, -0.15) is 0 Å². The summed E-state index contributed by atoms with van der Waals surface area (Å²) in [6.07, 6.45) is 2.53. The van der Waals surface area contributed by atoms with Gasteiger partial charge in [-0.15, -0.1) is 0 Å². The summed E-state index contributed by atoms with van der Waals surface area (Å²) in [5.41, 5.74) is 3.15. The topological polar surface area (TPSA) is 37.4 Å². The van der Waals surface area contributed by atoms with E-state index in [2.05, 4.69) is 37.9 Å². The molecular formula is C17H15Br2NO2S. The van der Waals surface area contributed by atoms with Crippen LogP contribution in [0, 0.1) is 0 Å². The highest BCUT2D eigenvalue weighted by Gasteiger charge is 2.27. The molecule has 2 aromatic carbocycles. The summed E-state index contributed by atoms with van der Waals surface area (Å²) in [7, 11) is -3.54. The van der Waals surface area contributed by atoms with Crippen molar-refractivity contribution < 1.29 is 8.42 Å². The van der Waals surface area contributed by atoms with E-state index < -0.39 is 10.0 Å². The van der Waals surface area contributed by atoms with Crippen molar-refractivity contribution in [3.63, 3.8) is 0 Å². The maximum absolute atomic E-state index is 12.9. The van der Waals surface area contributed by atoms with E-state index >= 15 is 0 Å². The van der Waals surface area contributed by atoms with Gasteiger partial charge in [-0.1, -0.05) is 56.1 Å². The molecule has 23 heavy (non-hydrogen) atoms. The number of rotatable bonds is 4. The van der Waals surface area contributed by atoms with Crippen molar-refractivity contribution in [2.75, 3.05) is 5.33 Å². The lowest BCUT2D eigenvalue weighted by molar-refractivity contribution is 0.491. The first-order chi connectivity index (χ1) is 11.0. The van der Waals surface area contributed by atoms with Crippen LogP contribution in [0.2, 0.25) is 0 Å². The first-order valence-corrected chi connectivity index (χ1v) is 10.5. The average molecular weight is 457 g/mol. The predicted octanol–water partition coefficient (Wildman–Crippen LogP) is 4.78. The van der Waals surface area contributed by atoms with Crippen LogP contribution in [0.25, 0.3) is 5.57 Å². The summed E-state index contributed by atoms with van der Waals surface area (Å²) >= 11 is 6.94. The molecule has 1 heterocycles. The van der Waals surface area contributed by atoms with Crippen LogP contribution in [-0.2, 0) is 16.6 Å².